The van der Waals surface area contributed by atoms with Crippen molar-refractivity contribution in [3.63, 3.8) is 0 Å². The van der Waals surface area contributed by atoms with E-state index in [-0.39, 0.29) is 6.04 Å². The first-order valence-electron chi connectivity index (χ1n) is 9.29. The molecule has 140 valence electrons. The van der Waals surface area contributed by atoms with Crippen molar-refractivity contribution in [3.05, 3.63) is 29.8 Å². The van der Waals surface area contributed by atoms with E-state index in [0.29, 0.717) is 19.7 Å². The fourth-order valence-corrected chi connectivity index (χ4v) is 5.08. The summed E-state index contributed by atoms with van der Waals surface area (Å²) in [6, 6.07) is 8.19. The molecule has 1 saturated heterocycles. The highest BCUT2D eigenvalue weighted by Gasteiger charge is 2.30. The zero-order chi connectivity index (χ0) is 17.7. The SMILES string of the molecule is CCOc1ccccc1CN1CCN(S(=O)(=O)NC2CCCC2)CC1. The third kappa shape index (κ3) is 4.94. The second-order valence-electron chi connectivity index (χ2n) is 6.82. The molecule has 1 aliphatic carbocycles. The molecule has 1 heterocycles. The number of nitrogens with zero attached hydrogens (tertiary/aromatic N) is 2. The molecule has 0 spiro atoms. The Labute approximate surface area is 151 Å². The topological polar surface area (TPSA) is 61.9 Å². The van der Waals surface area contributed by atoms with E-state index >= 15 is 0 Å². The van der Waals surface area contributed by atoms with Crippen molar-refractivity contribution in [1.29, 1.82) is 0 Å². The van der Waals surface area contributed by atoms with Crippen LogP contribution in [0.4, 0.5) is 0 Å². The summed E-state index contributed by atoms with van der Waals surface area (Å²) in [5.74, 6) is 0.919. The van der Waals surface area contributed by atoms with E-state index in [9.17, 15) is 8.42 Å². The Kier molecular flexibility index (Phi) is 6.33. The van der Waals surface area contributed by atoms with E-state index in [0.717, 1.165) is 56.6 Å². The van der Waals surface area contributed by atoms with E-state index in [1.54, 1.807) is 4.31 Å². The molecule has 7 heteroatoms. The Morgan fingerprint density at radius 1 is 1.12 bits per heavy atom. The summed E-state index contributed by atoms with van der Waals surface area (Å²) in [6.45, 7) is 5.99. The summed E-state index contributed by atoms with van der Waals surface area (Å²) in [7, 11) is -3.35. The molecule has 6 nitrogen and oxygen atoms in total. The summed E-state index contributed by atoms with van der Waals surface area (Å²) in [5.41, 5.74) is 1.16. The van der Waals surface area contributed by atoms with Crippen LogP contribution in [-0.4, -0.2) is 56.5 Å². The second-order valence-corrected chi connectivity index (χ2v) is 8.52. The van der Waals surface area contributed by atoms with Crippen LogP contribution in [0, 0.1) is 0 Å². The number of piperazine rings is 1. The first kappa shape index (κ1) is 18.6. The zero-order valence-electron chi connectivity index (χ0n) is 15.0. The predicted octanol–water partition coefficient (Wildman–Crippen LogP) is 1.98. The number of rotatable bonds is 7. The van der Waals surface area contributed by atoms with Gasteiger partial charge in [-0.1, -0.05) is 31.0 Å². The zero-order valence-corrected chi connectivity index (χ0v) is 15.8. The van der Waals surface area contributed by atoms with E-state index in [1.165, 1.54) is 0 Å². The van der Waals surface area contributed by atoms with Gasteiger partial charge in [-0.15, -0.1) is 0 Å². The van der Waals surface area contributed by atoms with E-state index in [2.05, 4.69) is 15.7 Å². The van der Waals surface area contributed by atoms with Gasteiger partial charge in [-0.25, -0.2) is 0 Å². The normalized spacial score (nSPS) is 20.8. The van der Waals surface area contributed by atoms with Crippen LogP contribution in [0.1, 0.15) is 38.2 Å². The van der Waals surface area contributed by atoms with Crippen molar-refractivity contribution in [2.24, 2.45) is 0 Å². The molecule has 0 bridgehead atoms. The van der Waals surface area contributed by atoms with Crippen LogP contribution in [-0.2, 0) is 16.8 Å². The highest BCUT2D eigenvalue weighted by molar-refractivity contribution is 7.87. The smallest absolute Gasteiger partial charge is 0.279 e. The molecule has 0 radical (unpaired) electrons. The van der Waals surface area contributed by atoms with Crippen molar-refractivity contribution in [2.45, 2.75) is 45.2 Å². The minimum atomic E-state index is -3.35. The van der Waals surface area contributed by atoms with Crippen molar-refractivity contribution in [2.75, 3.05) is 32.8 Å². The Bertz CT molecular complexity index is 651. The quantitative estimate of drug-likeness (QED) is 0.800. The van der Waals surface area contributed by atoms with Crippen molar-refractivity contribution >= 4 is 10.2 Å². The molecule has 1 saturated carbocycles. The maximum Gasteiger partial charge on any atom is 0.279 e. The largest absolute Gasteiger partial charge is 0.494 e. The van der Waals surface area contributed by atoms with Crippen LogP contribution in [0.25, 0.3) is 0 Å². The molecule has 1 aromatic carbocycles. The molecule has 0 unspecified atom stereocenters. The molecule has 1 N–H and O–H groups in total. The van der Waals surface area contributed by atoms with Gasteiger partial charge in [0, 0.05) is 44.3 Å². The van der Waals surface area contributed by atoms with Gasteiger partial charge in [0.15, 0.2) is 0 Å². The standard InChI is InChI=1S/C18H29N3O3S/c1-2-24-18-10-6-3-7-16(18)15-20-11-13-21(14-12-20)25(22,23)19-17-8-4-5-9-17/h3,6-7,10,17,19H,2,4-5,8-9,11-15H2,1H3. The van der Waals surface area contributed by atoms with E-state index in [4.69, 9.17) is 4.74 Å². The van der Waals surface area contributed by atoms with Gasteiger partial charge >= 0.3 is 0 Å². The lowest BCUT2D eigenvalue weighted by molar-refractivity contribution is 0.178. The number of hydrogen-bond donors (Lipinski definition) is 1. The lowest BCUT2D eigenvalue weighted by Crippen LogP contribution is -2.53. The third-order valence-corrected chi connectivity index (χ3v) is 6.68. The van der Waals surface area contributed by atoms with Crippen molar-refractivity contribution in [3.8, 4) is 5.75 Å². The van der Waals surface area contributed by atoms with Gasteiger partial charge in [0.2, 0.25) is 0 Å². The molecule has 0 atom stereocenters. The van der Waals surface area contributed by atoms with Crippen LogP contribution in [0.3, 0.4) is 0 Å². The van der Waals surface area contributed by atoms with Gasteiger partial charge in [0.25, 0.3) is 10.2 Å². The van der Waals surface area contributed by atoms with Gasteiger partial charge in [-0.05, 0) is 25.8 Å². The molecule has 2 fully saturated rings. The van der Waals surface area contributed by atoms with Crippen LogP contribution in [0.5, 0.6) is 5.75 Å². The van der Waals surface area contributed by atoms with Crippen LogP contribution >= 0.6 is 0 Å². The minimum Gasteiger partial charge on any atom is -0.494 e. The van der Waals surface area contributed by atoms with Gasteiger partial charge < -0.3 is 4.74 Å². The molecular formula is C18H29N3O3S. The summed E-state index contributed by atoms with van der Waals surface area (Å²) in [6.07, 6.45) is 4.18. The van der Waals surface area contributed by atoms with Gasteiger partial charge in [-0.2, -0.15) is 17.4 Å². The monoisotopic (exact) mass is 367 g/mol. The first-order valence-corrected chi connectivity index (χ1v) is 10.7. The van der Waals surface area contributed by atoms with Gasteiger partial charge in [-0.3, -0.25) is 4.90 Å². The highest BCUT2D eigenvalue weighted by Crippen LogP contribution is 2.22. The van der Waals surface area contributed by atoms with Gasteiger partial charge in [0.05, 0.1) is 6.61 Å². The maximum atomic E-state index is 12.5. The maximum absolute atomic E-state index is 12.5. The molecular weight excluding hydrogens is 338 g/mol. The summed E-state index contributed by atoms with van der Waals surface area (Å²) >= 11 is 0. The average molecular weight is 368 g/mol. The summed E-state index contributed by atoms with van der Waals surface area (Å²) in [5, 5.41) is 0. The lowest BCUT2D eigenvalue weighted by Gasteiger charge is -2.34. The van der Waals surface area contributed by atoms with Gasteiger partial charge in [0.1, 0.15) is 5.75 Å². The number of nitrogens with one attached hydrogen (secondary N) is 1. The predicted molar refractivity (Wildman–Crippen MR) is 98.8 cm³/mol. The van der Waals surface area contributed by atoms with Crippen LogP contribution in [0.2, 0.25) is 0 Å². The van der Waals surface area contributed by atoms with Crippen molar-refractivity contribution < 1.29 is 13.2 Å². The number of hydrogen-bond acceptors (Lipinski definition) is 4. The number of ether oxygens (including phenoxy) is 1. The first-order chi connectivity index (χ1) is 12.1. The Morgan fingerprint density at radius 2 is 1.80 bits per heavy atom. The molecule has 25 heavy (non-hydrogen) atoms. The lowest BCUT2D eigenvalue weighted by atomic mass is 10.2. The number of para-hydroxylation sites is 1. The minimum absolute atomic E-state index is 0.126. The number of benzene rings is 1. The van der Waals surface area contributed by atoms with Crippen LogP contribution in [0.15, 0.2) is 24.3 Å². The average Bonchev–Trinajstić information content (AvgIpc) is 3.10. The fourth-order valence-electron chi connectivity index (χ4n) is 3.63. The van der Waals surface area contributed by atoms with Crippen LogP contribution < -0.4 is 9.46 Å². The van der Waals surface area contributed by atoms with E-state index < -0.39 is 10.2 Å². The highest BCUT2D eigenvalue weighted by atomic mass is 32.2. The fraction of sp³-hybridized carbons (Fsp3) is 0.667. The summed E-state index contributed by atoms with van der Waals surface area (Å²) in [4.78, 5) is 2.29. The van der Waals surface area contributed by atoms with E-state index in [1.807, 2.05) is 25.1 Å². The third-order valence-electron chi connectivity index (χ3n) is 5.01. The Hall–Kier alpha value is -1.15. The molecule has 1 aliphatic heterocycles. The molecule has 3 rings (SSSR count). The molecule has 0 amide bonds. The molecule has 0 aromatic heterocycles. The molecule has 2 aliphatic rings. The molecule has 1 aromatic rings. The Morgan fingerprint density at radius 3 is 2.48 bits per heavy atom. The summed E-state index contributed by atoms with van der Waals surface area (Å²) < 4.78 is 35.2. The van der Waals surface area contributed by atoms with Crippen molar-refractivity contribution in [1.82, 2.24) is 13.9 Å². The Balaban J connectivity index is 1.53. The second kappa shape index (κ2) is 8.49.